The lowest BCUT2D eigenvalue weighted by Gasteiger charge is -2.30. The molecule has 2 aromatic heterocycles. The van der Waals surface area contributed by atoms with E-state index in [1.165, 1.54) is 12.1 Å². The molecule has 0 radical (unpaired) electrons. The van der Waals surface area contributed by atoms with Crippen molar-refractivity contribution in [2.75, 3.05) is 12.4 Å². The maximum absolute atomic E-state index is 14.0. The number of rotatable bonds is 7. The van der Waals surface area contributed by atoms with Crippen molar-refractivity contribution in [1.29, 1.82) is 0 Å². The largest absolute Gasteiger partial charge is 0.377 e. The SMILES string of the molecule is COCc1nc(NC2CCC(NC(=O)c3ccccc3F)CC2)c2c(C)nn(-c3ccccc3)c2n1. The number of para-hydroxylation sites is 1. The Bertz CT molecular complexity index is 1370. The topological polar surface area (TPSA) is 94.0 Å². The standard InChI is InChI=1S/C27H29FN6O2/c1-17-24-25(31-23(16-36-2)32-26(24)34(33-17)20-8-4-3-5-9-20)29-18-12-14-19(15-13-18)30-27(35)21-10-6-7-11-22(21)28/h3-11,18-19H,12-16H2,1-2H3,(H,30,35)(H,29,31,32). The maximum atomic E-state index is 14.0. The van der Waals surface area contributed by atoms with E-state index in [0.29, 0.717) is 12.4 Å². The number of anilines is 1. The summed E-state index contributed by atoms with van der Waals surface area (Å²) in [5.74, 6) is 0.451. The number of aryl methyl sites for hydroxylation is 1. The van der Waals surface area contributed by atoms with Gasteiger partial charge in [0.05, 0.1) is 22.3 Å². The predicted octanol–water partition coefficient (Wildman–Crippen LogP) is 4.56. The molecule has 9 heteroatoms. The Hall–Kier alpha value is -3.85. The summed E-state index contributed by atoms with van der Waals surface area (Å²) in [6, 6.07) is 16.1. The second-order valence-electron chi connectivity index (χ2n) is 9.10. The van der Waals surface area contributed by atoms with Gasteiger partial charge in [-0.25, -0.2) is 19.0 Å². The number of benzene rings is 2. The van der Waals surface area contributed by atoms with Gasteiger partial charge in [-0.1, -0.05) is 30.3 Å². The number of ether oxygens (including phenoxy) is 1. The lowest BCUT2D eigenvalue weighted by Crippen LogP contribution is -2.40. The van der Waals surface area contributed by atoms with Gasteiger partial charge in [-0.2, -0.15) is 5.10 Å². The third-order valence-corrected chi connectivity index (χ3v) is 6.54. The Morgan fingerprint density at radius 1 is 1.03 bits per heavy atom. The molecule has 0 spiro atoms. The third-order valence-electron chi connectivity index (χ3n) is 6.54. The van der Waals surface area contributed by atoms with Gasteiger partial charge in [-0.15, -0.1) is 0 Å². The minimum atomic E-state index is -0.503. The molecule has 2 aromatic carbocycles. The van der Waals surface area contributed by atoms with Crippen molar-refractivity contribution in [3.05, 3.63) is 77.5 Å². The number of nitrogens with one attached hydrogen (secondary N) is 2. The minimum Gasteiger partial charge on any atom is -0.377 e. The number of amides is 1. The van der Waals surface area contributed by atoms with E-state index in [1.807, 2.05) is 41.9 Å². The average molecular weight is 489 g/mol. The summed E-state index contributed by atoms with van der Waals surface area (Å²) in [6.07, 6.45) is 3.27. The smallest absolute Gasteiger partial charge is 0.254 e. The van der Waals surface area contributed by atoms with Crippen molar-refractivity contribution in [3.63, 3.8) is 0 Å². The summed E-state index contributed by atoms with van der Waals surface area (Å²) >= 11 is 0. The maximum Gasteiger partial charge on any atom is 0.254 e. The average Bonchev–Trinajstić information content (AvgIpc) is 3.22. The molecule has 1 aliphatic rings. The fraction of sp³-hybridized carbons (Fsp3) is 0.333. The fourth-order valence-electron chi connectivity index (χ4n) is 4.76. The number of carbonyl (C=O) groups is 1. The molecule has 0 aliphatic heterocycles. The van der Waals surface area contributed by atoms with Gasteiger partial charge in [0.25, 0.3) is 5.91 Å². The van der Waals surface area contributed by atoms with Crippen LogP contribution in [0.2, 0.25) is 0 Å². The number of fused-ring (bicyclic) bond motifs is 1. The molecule has 0 saturated heterocycles. The van der Waals surface area contributed by atoms with Gasteiger partial charge < -0.3 is 15.4 Å². The van der Waals surface area contributed by atoms with E-state index in [1.54, 1.807) is 19.2 Å². The predicted molar refractivity (Wildman–Crippen MR) is 136 cm³/mol. The highest BCUT2D eigenvalue weighted by molar-refractivity contribution is 5.94. The number of halogens is 1. The third kappa shape index (κ3) is 4.92. The van der Waals surface area contributed by atoms with E-state index in [4.69, 9.17) is 19.8 Å². The van der Waals surface area contributed by atoms with Gasteiger partial charge in [0.1, 0.15) is 18.2 Å². The van der Waals surface area contributed by atoms with Crippen molar-refractivity contribution in [2.45, 2.75) is 51.3 Å². The first-order valence-corrected chi connectivity index (χ1v) is 12.2. The van der Waals surface area contributed by atoms with Crippen molar-refractivity contribution < 1.29 is 13.9 Å². The molecule has 1 saturated carbocycles. The molecule has 2 heterocycles. The van der Waals surface area contributed by atoms with Gasteiger partial charge in [0.15, 0.2) is 11.5 Å². The van der Waals surface area contributed by atoms with Crippen LogP contribution in [0.4, 0.5) is 10.2 Å². The van der Waals surface area contributed by atoms with Crippen LogP contribution in [0.15, 0.2) is 54.6 Å². The number of hydrogen-bond acceptors (Lipinski definition) is 6. The Morgan fingerprint density at radius 2 is 1.72 bits per heavy atom. The van der Waals surface area contributed by atoms with Crippen molar-refractivity contribution in [1.82, 2.24) is 25.1 Å². The second-order valence-corrected chi connectivity index (χ2v) is 9.10. The van der Waals surface area contributed by atoms with Gasteiger partial charge in [0, 0.05) is 19.2 Å². The normalized spacial score (nSPS) is 17.8. The summed E-state index contributed by atoms with van der Waals surface area (Å²) in [6.45, 7) is 2.25. The van der Waals surface area contributed by atoms with Gasteiger partial charge in [0.2, 0.25) is 0 Å². The molecule has 5 rings (SSSR count). The van der Waals surface area contributed by atoms with Crippen molar-refractivity contribution in [2.24, 2.45) is 0 Å². The summed E-state index contributed by atoms with van der Waals surface area (Å²) in [7, 11) is 1.62. The van der Waals surface area contributed by atoms with E-state index < -0.39 is 5.82 Å². The van der Waals surface area contributed by atoms with Crippen LogP contribution in [-0.4, -0.2) is 44.8 Å². The van der Waals surface area contributed by atoms with Gasteiger partial charge in [-0.05, 0) is 56.9 Å². The van der Waals surface area contributed by atoms with Crippen LogP contribution >= 0.6 is 0 Å². The summed E-state index contributed by atoms with van der Waals surface area (Å²) in [4.78, 5) is 22.0. The molecule has 2 N–H and O–H groups in total. The van der Waals surface area contributed by atoms with Gasteiger partial charge >= 0.3 is 0 Å². The molecular formula is C27H29FN6O2. The van der Waals surface area contributed by atoms with E-state index >= 15 is 0 Å². The van der Waals surface area contributed by atoms with Crippen LogP contribution in [0, 0.1) is 12.7 Å². The highest BCUT2D eigenvalue weighted by Gasteiger charge is 2.26. The Balaban J connectivity index is 1.33. The highest BCUT2D eigenvalue weighted by atomic mass is 19.1. The lowest BCUT2D eigenvalue weighted by atomic mass is 9.91. The van der Waals surface area contributed by atoms with Crippen molar-refractivity contribution >= 4 is 22.8 Å². The molecule has 1 amide bonds. The fourth-order valence-corrected chi connectivity index (χ4v) is 4.76. The summed E-state index contributed by atoms with van der Waals surface area (Å²) in [5, 5.41) is 12.2. The molecule has 0 unspecified atom stereocenters. The van der Waals surface area contributed by atoms with Crippen LogP contribution in [-0.2, 0) is 11.3 Å². The highest BCUT2D eigenvalue weighted by Crippen LogP contribution is 2.29. The zero-order valence-electron chi connectivity index (χ0n) is 20.4. The number of carbonyl (C=O) groups excluding carboxylic acids is 1. The molecule has 0 atom stereocenters. The number of hydrogen-bond donors (Lipinski definition) is 2. The molecule has 1 aliphatic carbocycles. The molecule has 1 fully saturated rings. The summed E-state index contributed by atoms with van der Waals surface area (Å²) < 4.78 is 21.1. The van der Waals surface area contributed by atoms with Crippen molar-refractivity contribution in [3.8, 4) is 5.69 Å². The minimum absolute atomic E-state index is 0.00666. The van der Waals surface area contributed by atoms with E-state index in [2.05, 4.69) is 10.6 Å². The molecule has 186 valence electrons. The molecule has 8 nitrogen and oxygen atoms in total. The zero-order chi connectivity index (χ0) is 25.1. The molecule has 0 bridgehead atoms. The van der Waals surface area contributed by atoms with E-state index in [9.17, 15) is 9.18 Å². The van der Waals surface area contributed by atoms with E-state index in [-0.39, 0.29) is 23.6 Å². The summed E-state index contributed by atoms with van der Waals surface area (Å²) in [5.41, 5.74) is 2.58. The van der Waals surface area contributed by atoms with Crippen LogP contribution in [0.5, 0.6) is 0 Å². The number of aromatic nitrogens is 4. The van der Waals surface area contributed by atoms with Crippen LogP contribution < -0.4 is 10.6 Å². The first kappa shape index (κ1) is 23.9. The quantitative estimate of drug-likeness (QED) is 0.396. The van der Waals surface area contributed by atoms with Gasteiger partial charge in [-0.3, -0.25) is 4.79 Å². The number of methoxy groups -OCH3 is 1. The molecule has 36 heavy (non-hydrogen) atoms. The van der Waals surface area contributed by atoms with Crippen LogP contribution in [0.25, 0.3) is 16.7 Å². The zero-order valence-corrected chi connectivity index (χ0v) is 20.4. The molecule has 4 aromatic rings. The second kappa shape index (κ2) is 10.4. The Kier molecular flexibility index (Phi) is 6.90. The van der Waals surface area contributed by atoms with E-state index in [0.717, 1.165) is 53.9 Å². The van der Waals surface area contributed by atoms with Crippen LogP contribution in [0.3, 0.4) is 0 Å². The molecular weight excluding hydrogens is 459 g/mol. The monoisotopic (exact) mass is 488 g/mol. The first-order valence-electron chi connectivity index (χ1n) is 12.2. The first-order chi connectivity index (χ1) is 17.5. The Labute approximate surface area is 208 Å². The lowest BCUT2D eigenvalue weighted by molar-refractivity contribution is 0.0922. The number of nitrogens with zero attached hydrogens (tertiary/aromatic N) is 4. The van der Waals surface area contributed by atoms with Crippen LogP contribution in [0.1, 0.15) is 47.6 Å². The Morgan fingerprint density at radius 3 is 2.44 bits per heavy atom.